The summed E-state index contributed by atoms with van der Waals surface area (Å²) < 4.78 is 24.4. The molecule has 1 N–H and O–H groups in total. The highest BCUT2D eigenvalue weighted by Gasteiger charge is 2.28. The number of aliphatic hydroxyl groups excluding tert-OH is 1. The molecule has 1 aliphatic heterocycles. The Balaban J connectivity index is 1.33. The Labute approximate surface area is 329 Å². The molecule has 1 saturated heterocycles. The van der Waals surface area contributed by atoms with Crippen molar-refractivity contribution >= 4 is 23.4 Å². The van der Waals surface area contributed by atoms with Gasteiger partial charge in [0.15, 0.2) is 11.5 Å². The van der Waals surface area contributed by atoms with Crippen LogP contribution >= 0.6 is 0 Å². The molecule has 0 aliphatic carbocycles. The molecular formula is C42H54N8O6. The maximum atomic E-state index is 12.6. The Bertz CT molecular complexity index is 2020. The van der Waals surface area contributed by atoms with Gasteiger partial charge in [0.05, 0.1) is 26.1 Å². The van der Waals surface area contributed by atoms with Gasteiger partial charge in [0.25, 0.3) is 0 Å². The standard InChI is InChI=1S/C42H54N8O6/c1-9-32(10-2)55-40-45-39(49(26-29-11-15-33(53-7)16-12-29)27-30-13-17-34(54-8)18-14-30)38-44-25-35(50(38)46-40)36(51)31-23-28(3)37(43-24-31)47-19-21-48(22-20-47)41(52)56-42(4,5)6/h11-18,23-25,32,36,51H,9-10,19-22,26-27H2,1-8H3. The van der Waals surface area contributed by atoms with Crippen molar-refractivity contribution in [3.63, 3.8) is 0 Å². The van der Waals surface area contributed by atoms with Crippen LogP contribution in [0.15, 0.2) is 67.0 Å². The van der Waals surface area contributed by atoms with Crippen LogP contribution < -0.4 is 24.0 Å². The summed E-state index contributed by atoms with van der Waals surface area (Å²) in [7, 11) is 3.30. The van der Waals surface area contributed by atoms with E-state index < -0.39 is 11.7 Å². The molecule has 1 unspecified atom stereocenters. The van der Waals surface area contributed by atoms with E-state index in [1.54, 1.807) is 36.0 Å². The Morgan fingerprint density at radius 3 is 1.98 bits per heavy atom. The maximum Gasteiger partial charge on any atom is 0.410 e. The quantitative estimate of drug-likeness (QED) is 0.128. The first-order valence-corrected chi connectivity index (χ1v) is 19.2. The third kappa shape index (κ3) is 9.41. The van der Waals surface area contributed by atoms with E-state index in [2.05, 4.69) is 23.6 Å². The van der Waals surface area contributed by atoms with Crippen LogP contribution in [0.5, 0.6) is 17.5 Å². The molecule has 14 nitrogen and oxygen atoms in total. The highest BCUT2D eigenvalue weighted by atomic mass is 16.6. The summed E-state index contributed by atoms with van der Waals surface area (Å²) in [5.74, 6) is 2.90. The molecule has 56 heavy (non-hydrogen) atoms. The maximum absolute atomic E-state index is 12.6. The van der Waals surface area contributed by atoms with E-state index >= 15 is 0 Å². The fourth-order valence-electron chi connectivity index (χ4n) is 6.69. The number of piperazine rings is 1. The highest BCUT2D eigenvalue weighted by molar-refractivity contribution is 5.69. The Morgan fingerprint density at radius 2 is 1.46 bits per heavy atom. The van der Waals surface area contributed by atoms with Gasteiger partial charge in [0.1, 0.15) is 35.1 Å². The zero-order valence-corrected chi connectivity index (χ0v) is 33.7. The van der Waals surface area contributed by atoms with Gasteiger partial charge in [-0.3, -0.25) is 0 Å². The smallest absolute Gasteiger partial charge is 0.410 e. The van der Waals surface area contributed by atoms with Gasteiger partial charge in [0.2, 0.25) is 0 Å². The number of hydrogen-bond acceptors (Lipinski definition) is 12. The topological polar surface area (TPSA) is 140 Å². The van der Waals surface area contributed by atoms with Crippen molar-refractivity contribution in [1.82, 2.24) is 29.5 Å². The Morgan fingerprint density at radius 1 is 0.875 bits per heavy atom. The molecule has 5 aromatic rings. The number of methoxy groups -OCH3 is 2. The number of imidazole rings is 1. The second kappa shape index (κ2) is 17.4. The molecule has 3 aromatic heterocycles. The number of ether oxygens (including phenoxy) is 4. The molecule has 0 bridgehead atoms. The number of nitrogens with zero attached hydrogens (tertiary/aromatic N) is 8. The lowest BCUT2D eigenvalue weighted by Gasteiger charge is -2.36. The zero-order valence-electron chi connectivity index (χ0n) is 33.7. The first kappa shape index (κ1) is 40.0. The molecule has 1 amide bonds. The number of carbonyl (C=O) groups is 1. The van der Waals surface area contributed by atoms with Crippen molar-refractivity contribution in [2.75, 3.05) is 50.2 Å². The van der Waals surface area contributed by atoms with E-state index in [1.807, 2.05) is 82.3 Å². The molecule has 0 spiro atoms. The molecule has 14 heteroatoms. The van der Waals surface area contributed by atoms with Gasteiger partial charge in [-0.15, -0.1) is 5.10 Å². The summed E-state index contributed by atoms with van der Waals surface area (Å²) in [6.07, 6.45) is 3.38. The molecule has 2 aromatic carbocycles. The van der Waals surface area contributed by atoms with Gasteiger partial charge in [0, 0.05) is 51.0 Å². The Hall–Kier alpha value is -5.63. The largest absolute Gasteiger partial charge is 0.497 e. The van der Waals surface area contributed by atoms with Crippen LogP contribution in [0.3, 0.4) is 0 Å². The minimum atomic E-state index is -1.10. The van der Waals surface area contributed by atoms with Crippen LogP contribution in [0, 0.1) is 6.92 Å². The summed E-state index contributed by atoms with van der Waals surface area (Å²) in [5, 5.41) is 16.8. The fourth-order valence-corrected chi connectivity index (χ4v) is 6.69. The minimum absolute atomic E-state index is 0.0979. The van der Waals surface area contributed by atoms with Gasteiger partial charge < -0.3 is 38.8 Å². The van der Waals surface area contributed by atoms with Gasteiger partial charge in [-0.2, -0.15) is 4.98 Å². The van der Waals surface area contributed by atoms with Crippen molar-refractivity contribution in [2.45, 2.75) is 85.3 Å². The number of rotatable bonds is 14. The molecule has 4 heterocycles. The lowest BCUT2D eigenvalue weighted by atomic mass is 10.1. The van der Waals surface area contributed by atoms with E-state index in [4.69, 9.17) is 39.0 Å². The van der Waals surface area contributed by atoms with Crippen LogP contribution in [-0.4, -0.2) is 92.8 Å². The third-order valence-corrected chi connectivity index (χ3v) is 9.80. The van der Waals surface area contributed by atoms with Crippen molar-refractivity contribution < 1.29 is 28.8 Å². The van der Waals surface area contributed by atoms with Crippen molar-refractivity contribution in [3.05, 3.63) is 94.9 Å². The van der Waals surface area contributed by atoms with E-state index in [0.29, 0.717) is 62.0 Å². The van der Waals surface area contributed by atoms with Crippen LogP contribution in [0.4, 0.5) is 16.4 Å². The predicted molar refractivity (Wildman–Crippen MR) is 215 cm³/mol. The van der Waals surface area contributed by atoms with Gasteiger partial charge in [-0.1, -0.05) is 38.1 Å². The number of carbonyl (C=O) groups excluding carboxylic acids is 1. The van der Waals surface area contributed by atoms with E-state index in [-0.39, 0.29) is 18.2 Å². The number of anilines is 2. The molecule has 6 rings (SSSR count). The van der Waals surface area contributed by atoms with Gasteiger partial charge >= 0.3 is 12.1 Å². The number of fused-ring (bicyclic) bond motifs is 1. The normalized spacial score (nSPS) is 13.9. The summed E-state index contributed by atoms with van der Waals surface area (Å²) in [4.78, 5) is 33.2. The lowest BCUT2D eigenvalue weighted by molar-refractivity contribution is 0.0240. The molecule has 1 aliphatic rings. The summed E-state index contributed by atoms with van der Waals surface area (Å²) >= 11 is 0. The van der Waals surface area contributed by atoms with Crippen LogP contribution in [0.2, 0.25) is 0 Å². The SMILES string of the molecule is CCC(CC)Oc1nc(N(Cc2ccc(OC)cc2)Cc2ccc(OC)cc2)c2ncc(C(O)c3cnc(N4CCN(C(=O)OC(C)(C)C)CC4)c(C)c3)n2n1. The van der Waals surface area contributed by atoms with Crippen molar-refractivity contribution in [1.29, 1.82) is 0 Å². The summed E-state index contributed by atoms with van der Waals surface area (Å²) in [6.45, 7) is 15.0. The second-order valence-corrected chi connectivity index (χ2v) is 15.0. The number of pyridine rings is 1. The molecular weight excluding hydrogens is 713 g/mol. The molecule has 1 atom stereocenters. The second-order valence-electron chi connectivity index (χ2n) is 15.0. The van der Waals surface area contributed by atoms with Crippen LogP contribution in [0.1, 0.15) is 81.5 Å². The predicted octanol–water partition coefficient (Wildman–Crippen LogP) is 6.76. The summed E-state index contributed by atoms with van der Waals surface area (Å²) in [6, 6.07) is 18.0. The lowest BCUT2D eigenvalue weighted by Crippen LogP contribution is -2.50. The van der Waals surface area contributed by atoms with E-state index in [9.17, 15) is 9.90 Å². The first-order valence-electron chi connectivity index (χ1n) is 19.2. The molecule has 1 fully saturated rings. The number of amides is 1. The van der Waals surface area contributed by atoms with E-state index in [1.165, 1.54) is 0 Å². The number of benzene rings is 2. The van der Waals surface area contributed by atoms with E-state index in [0.717, 1.165) is 46.8 Å². The van der Waals surface area contributed by atoms with Crippen LogP contribution in [0.25, 0.3) is 5.65 Å². The molecule has 298 valence electrons. The zero-order chi connectivity index (χ0) is 40.0. The van der Waals surface area contributed by atoms with Crippen molar-refractivity contribution in [2.24, 2.45) is 0 Å². The minimum Gasteiger partial charge on any atom is -0.497 e. The van der Waals surface area contributed by atoms with Gasteiger partial charge in [-0.25, -0.2) is 19.3 Å². The molecule has 0 radical (unpaired) electrons. The van der Waals surface area contributed by atoms with Gasteiger partial charge in [-0.05, 0) is 87.6 Å². The number of aryl methyl sites for hydroxylation is 1. The molecule has 0 saturated carbocycles. The number of hydrogen-bond donors (Lipinski definition) is 1. The average Bonchev–Trinajstić information content (AvgIpc) is 3.63. The number of aromatic nitrogens is 5. The fraction of sp³-hybridized carbons (Fsp3) is 0.452. The van der Waals surface area contributed by atoms with Crippen molar-refractivity contribution in [3.8, 4) is 17.5 Å². The average molecular weight is 767 g/mol. The Kier molecular flexibility index (Phi) is 12.5. The highest BCUT2D eigenvalue weighted by Crippen LogP contribution is 2.31. The third-order valence-electron chi connectivity index (χ3n) is 9.80. The van der Waals surface area contributed by atoms with Crippen LogP contribution in [-0.2, 0) is 17.8 Å². The summed E-state index contributed by atoms with van der Waals surface area (Å²) in [5.41, 5.74) is 3.95. The number of aliphatic hydroxyl groups is 1. The first-order chi connectivity index (χ1) is 26.9. The monoisotopic (exact) mass is 766 g/mol.